The molecular weight excluding hydrogens is 286 g/mol. The first kappa shape index (κ1) is 18.3. The van der Waals surface area contributed by atoms with Crippen LogP contribution in [0.3, 0.4) is 0 Å². The lowest BCUT2D eigenvalue weighted by Gasteiger charge is -2.34. The molecule has 0 aliphatic carbocycles. The number of thioether (sulfide) groups is 1. The van der Waals surface area contributed by atoms with Crippen LogP contribution >= 0.6 is 11.8 Å². The van der Waals surface area contributed by atoms with Crippen molar-refractivity contribution in [3.8, 4) is 0 Å². The van der Waals surface area contributed by atoms with Crippen molar-refractivity contribution in [1.29, 1.82) is 0 Å². The van der Waals surface area contributed by atoms with Crippen LogP contribution in [0.25, 0.3) is 0 Å². The van der Waals surface area contributed by atoms with Crippen LogP contribution < -0.4 is 0 Å². The molecule has 0 radical (unpaired) electrons. The lowest BCUT2D eigenvalue weighted by Crippen LogP contribution is -2.47. The van der Waals surface area contributed by atoms with Crippen LogP contribution in [0.5, 0.6) is 0 Å². The van der Waals surface area contributed by atoms with E-state index >= 15 is 0 Å². The Morgan fingerprint density at radius 1 is 1.14 bits per heavy atom. The first-order valence-corrected chi connectivity index (χ1v) is 9.39. The Morgan fingerprint density at radius 3 is 2.48 bits per heavy atom. The molecule has 1 amide bonds. The first-order valence-electron chi connectivity index (χ1n) is 8.24. The number of carbonyl (C=O) groups excluding carboxylic acids is 1. The van der Waals surface area contributed by atoms with Gasteiger partial charge >= 0.3 is 5.97 Å². The highest BCUT2D eigenvalue weighted by Crippen LogP contribution is 2.20. The summed E-state index contributed by atoms with van der Waals surface area (Å²) in [5, 5.41) is 8.93. The van der Waals surface area contributed by atoms with Crippen LogP contribution in [0.15, 0.2) is 0 Å². The maximum atomic E-state index is 12.2. The lowest BCUT2D eigenvalue weighted by atomic mass is 10.1. The summed E-state index contributed by atoms with van der Waals surface area (Å²) < 4.78 is 0. The number of unbranched alkanes of at least 4 members (excludes halogenated alkanes) is 6. The van der Waals surface area contributed by atoms with E-state index in [0.717, 1.165) is 24.3 Å². The van der Waals surface area contributed by atoms with E-state index in [1.54, 1.807) is 11.8 Å². The molecule has 4 nitrogen and oxygen atoms in total. The second-order valence-corrected chi connectivity index (χ2v) is 6.93. The van der Waals surface area contributed by atoms with Gasteiger partial charge in [0, 0.05) is 24.5 Å². The number of aliphatic carboxylic acids is 1. The summed E-state index contributed by atoms with van der Waals surface area (Å²) in [6.07, 6.45) is 9.05. The van der Waals surface area contributed by atoms with Crippen molar-refractivity contribution in [3.05, 3.63) is 0 Å². The average molecular weight is 315 g/mol. The van der Waals surface area contributed by atoms with E-state index in [2.05, 4.69) is 6.92 Å². The van der Waals surface area contributed by atoms with Crippen molar-refractivity contribution in [1.82, 2.24) is 4.90 Å². The molecule has 1 rings (SSSR count). The van der Waals surface area contributed by atoms with Crippen LogP contribution in [0.4, 0.5) is 0 Å². The van der Waals surface area contributed by atoms with Gasteiger partial charge in [0.15, 0.2) is 0 Å². The number of carbonyl (C=O) groups is 2. The predicted molar refractivity (Wildman–Crippen MR) is 87.7 cm³/mol. The van der Waals surface area contributed by atoms with E-state index in [0.29, 0.717) is 13.0 Å². The van der Waals surface area contributed by atoms with Gasteiger partial charge in [-0.15, -0.1) is 0 Å². The van der Waals surface area contributed by atoms with Gasteiger partial charge in [0.05, 0.1) is 12.5 Å². The van der Waals surface area contributed by atoms with Crippen molar-refractivity contribution in [2.24, 2.45) is 0 Å². The lowest BCUT2D eigenvalue weighted by molar-refractivity contribution is -0.140. The van der Waals surface area contributed by atoms with Gasteiger partial charge < -0.3 is 10.0 Å². The van der Waals surface area contributed by atoms with Gasteiger partial charge in [-0.3, -0.25) is 9.59 Å². The zero-order valence-electron chi connectivity index (χ0n) is 13.2. The standard InChI is InChI=1S/C16H29NO3S/c1-2-3-4-5-6-7-8-9-15(18)17-10-11-21-13-14(17)12-16(19)20/h14H,2-13H2,1H3,(H,19,20). The minimum absolute atomic E-state index is 0.0791. The smallest absolute Gasteiger partial charge is 0.305 e. The average Bonchev–Trinajstić information content (AvgIpc) is 2.46. The highest BCUT2D eigenvalue weighted by Gasteiger charge is 2.28. The Balaban J connectivity index is 2.21. The topological polar surface area (TPSA) is 57.6 Å². The van der Waals surface area contributed by atoms with E-state index in [1.165, 1.54) is 32.1 Å². The summed E-state index contributed by atoms with van der Waals surface area (Å²) in [7, 11) is 0. The van der Waals surface area contributed by atoms with Gasteiger partial charge in [-0.1, -0.05) is 45.4 Å². The number of carboxylic acids is 1. The van der Waals surface area contributed by atoms with Crippen LogP contribution in [0, 0.1) is 0 Å². The summed E-state index contributed by atoms with van der Waals surface area (Å²) in [6, 6.07) is -0.113. The summed E-state index contributed by atoms with van der Waals surface area (Å²) in [5.74, 6) is 1.03. The molecule has 122 valence electrons. The molecule has 1 aliphatic rings. The Labute approximate surface area is 132 Å². The minimum atomic E-state index is -0.809. The van der Waals surface area contributed by atoms with Crippen molar-refractivity contribution >= 4 is 23.6 Å². The molecule has 1 fully saturated rings. The highest BCUT2D eigenvalue weighted by molar-refractivity contribution is 7.99. The molecule has 0 aromatic carbocycles. The second-order valence-electron chi connectivity index (χ2n) is 5.79. The zero-order valence-corrected chi connectivity index (χ0v) is 14.0. The molecule has 1 saturated heterocycles. The van der Waals surface area contributed by atoms with Gasteiger partial charge in [0.2, 0.25) is 5.91 Å². The molecule has 5 heteroatoms. The van der Waals surface area contributed by atoms with Crippen molar-refractivity contribution in [2.75, 3.05) is 18.1 Å². The molecule has 0 bridgehead atoms. The maximum Gasteiger partial charge on any atom is 0.305 e. The van der Waals surface area contributed by atoms with Gasteiger partial charge in [-0.25, -0.2) is 0 Å². The zero-order chi connectivity index (χ0) is 15.5. The van der Waals surface area contributed by atoms with E-state index in [4.69, 9.17) is 5.11 Å². The fourth-order valence-corrected chi connectivity index (χ4v) is 3.79. The Morgan fingerprint density at radius 2 is 1.81 bits per heavy atom. The first-order chi connectivity index (χ1) is 10.1. The van der Waals surface area contributed by atoms with Crippen LogP contribution in [-0.4, -0.2) is 46.0 Å². The number of rotatable bonds is 10. The number of amides is 1. The van der Waals surface area contributed by atoms with Crippen molar-refractivity contribution < 1.29 is 14.7 Å². The molecule has 0 spiro atoms. The van der Waals surface area contributed by atoms with Gasteiger partial charge in [-0.05, 0) is 6.42 Å². The molecule has 1 N–H and O–H groups in total. The SMILES string of the molecule is CCCCCCCCCC(=O)N1CCSCC1CC(=O)O. The van der Waals surface area contributed by atoms with E-state index in [-0.39, 0.29) is 18.4 Å². The molecule has 21 heavy (non-hydrogen) atoms. The quantitative estimate of drug-likeness (QED) is 0.626. The van der Waals surface area contributed by atoms with Crippen molar-refractivity contribution in [2.45, 2.75) is 70.8 Å². The maximum absolute atomic E-state index is 12.2. The summed E-state index contributed by atoms with van der Waals surface area (Å²) in [4.78, 5) is 24.9. The molecule has 0 aromatic heterocycles. The largest absolute Gasteiger partial charge is 0.481 e. The molecule has 0 saturated carbocycles. The summed E-state index contributed by atoms with van der Waals surface area (Å²) in [5.41, 5.74) is 0. The number of nitrogens with zero attached hydrogens (tertiary/aromatic N) is 1. The van der Waals surface area contributed by atoms with Crippen LogP contribution in [-0.2, 0) is 9.59 Å². The molecule has 1 unspecified atom stereocenters. The Hall–Kier alpha value is -0.710. The molecule has 1 atom stereocenters. The third-order valence-electron chi connectivity index (χ3n) is 3.95. The fourth-order valence-electron chi connectivity index (χ4n) is 2.73. The number of hydrogen-bond donors (Lipinski definition) is 1. The third kappa shape index (κ3) is 7.74. The van der Waals surface area contributed by atoms with E-state index in [1.807, 2.05) is 4.90 Å². The molecular formula is C16H29NO3S. The number of hydrogen-bond acceptors (Lipinski definition) is 3. The Bertz CT molecular complexity index is 323. The summed E-state index contributed by atoms with van der Waals surface area (Å²) >= 11 is 1.75. The monoisotopic (exact) mass is 315 g/mol. The number of carboxylic acid groups (broad SMARTS) is 1. The Kier molecular flexibility index (Phi) is 9.55. The predicted octanol–water partition coefficient (Wildman–Crippen LogP) is 3.55. The van der Waals surface area contributed by atoms with Gasteiger partial charge in [0.25, 0.3) is 0 Å². The van der Waals surface area contributed by atoms with E-state index in [9.17, 15) is 9.59 Å². The molecule has 1 aliphatic heterocycles. The van der Waals surface area contributed by atoms with Crippen molar-refractivity contribution in [3.63, 3.8) is 0 Å². The molecule has 0 aromatic rings. The second kappa shape index (κ2) is 10.9. The normalized spacial score (nSPS) is 18.7. The highest BCUT2D eigenvalue weighted by atomic mass is 32.2. The van der Waals surface area contributed by atoms with Crippen LogP contribution in [0.1, 0.15) is 64.7 Å². The third-order valence-corrected chi connectivity index (χ3v) is 5.04. The van der Waals surface area contributed by atoms with E-state index < -0.39 is 5.97 Å². The van der Waals surface area contributed by atoms with Gasteiger partial charge in [0.1, 0.15) is 0 Å². The minimum Gasteiger partial charge on any atom is -0.481 e. The molecule has 1 heterocycles. The fraction of sp³-hybridized carbons (Fsp3) is 0.875. The van der Waals surface area contributed by atoms with Gasteiger partial charge in [-0.2, -0.15) is 11.8 Å². The van der Waals surface area contributed by atoms with Crippen LogP contribution in [0.2, 0.25) is 0 Å². The summed E-state index contributed by atoms with van der Waals surface area (Å²) in [6.45, 7) is 2.92.